The number of carbonyl (C=O) groups excluding carboxylic acids is 1. The fraction of sp³-hybridized carbons (Fsp3) is 0.400. The van der Waals surface area contributed by atoms with Crippen molar-refractivity contribution in [2.75, 3.05) is 45.9 Å². The van der Waals surface area contributed by atoms with Crippen LogP contribution in [0.5, 0.6) is 0 Å². The van der Waals surface area contributed by atoms with Crippen molar-refractivity contribution < 1.29 is 22.7 Å². The van der Waals surface area contributed by atoms with Gasteiger partial charge in [0.25, 0.3) is 0 Å². The van der Waals surface area contributed by atoms with Gasteiger partial charge in [0.2, 0.25) is 0 Å². The first-order valence-electron chi connectivity index (χ1n) is 11.1. The van der Waals surface area contributed by atoms with Gasteiger partial charge in [-0.05, 0) is 47.4 Å². The highest BCUT2D eigenvalue weighted by molar-refractivity contribution is 7.99. The molecule has 2 aromatic carbocycles. The number of hydrogen-bond donors (Lipinski definition) is 0. The molecule has 0 bridgehead atoms. The van der Waals surface area contributed by atoms with Gasteiger partial charge in [0.1, 0.15) is 6.61 Å². The molecule has 2 aliphatic heterocycles. The molecular formula is C25H27F3N2O2S. The minimum Gasteiger partial charge on any atom is -0.465 e. The molecule has 33 heavy (non-hydrogen) atoms. The molecular weight excluding hydrogens is 449 g/mol. The number of esters is 1. The number of alkyl halides is 3. The Hall–Kier alpha value is -2.29. The molecule has 0 amide bonds. The summed E-state index contributed by atoms with van der Waals surface area (Å²) in [6.45, 7) is 7.09. The third kappa shape index (κ3) is 5.99. The molecule has 0 atom stereocenters. The molecule has 2 aliphatic rings. The number of ether oxygens (including phenoxy) is 1. The van der Waals surface area contributed by atoms with E-state index in [0.29, 0.717) is 12.2 Å². The van der Waals surface area contributed by atoms with Crippen molar-refractivity contribution in [3.05, 3.63) is 65.2 Å². The lowest BCUT2D eigenvalue weighted by molar-refractivity contribution is -0.141. The van der Waals surface area contributed by atoms with Gasteiger partial charge >= 0.3 is 12.1 Å². The lowest BCUT2D eigenvalue weighted by Gasteiger charge is -2.34. The Bertz CT molecular complexity index is 1030. The van der Waals surface area contributed by atoms with Gasteiger partial charge in [-0.25, -0.2) is 0 Å². The highest BCUT2D eigenvalue weighted by Crippen LogP contribution is 2.47. The Morgan fingerprint density at radius 1 is 1.00 bits per heavy atom. The third-order valence-electron chi connectivity index (χ3n) is 5.97. The fourth-order valence-electron chi connectivity index (χ4n) is 4.21. The van der Waals surface area contributed by atoms with Gasteiger partial charge in [-0.1, -0.05) is 36.0 Å². The summed E-state index contributed by atoms with van der Waals surface area (Å²) < 4.78 is 45.1. The number of fused-ring (bicyclic) bond motifs is 2. The molecule has 4 nitrogen and oxygen atoms in total. The van der Waals surface area contributed by atoms with Gasteiger partial charge in [0.05, 0.1) is 5.56 Å². The number of halogens is 3. The van der Waals surface area contributed by atoms with E-state index < -0.39 is 11.7 Å². The number of hydrogen-bond acceptors (Lipinski definition) is 5. The van der Waals surface area contributed by atoms with Crippen molar-refractivity contribution in [1.82, 2.24) is 9.80 Å². The predicted octanol–water partition coefficient (Wildman–Crippen LogP) is 5.17. The SMILES string of the molecule is CC(=O)OCCN1CCN(CCC=C2c3ccccc3Sc3ccc(C(F)(F)F)cc32)CC1. The molecule has 1 fully saturated rings. The summed E-state index contributed by atoms with van der Waals surface area (Å²) in [5.74, 6) is -0.256. The molecule has 8 heteroatoms. The van der Waals surface area contributed by atoms with E-state index in [1.165, 1.54) is 30.8 Å². The maximum absolute atomic E-state index is 13.4. The molecule has 0 aromatic heterocycles. The van der Waals surface area contributed by atoms with E-state index in [-0.39, 0.29) is 5.97 Å². The van der Waals surface area contributed by atoms with Crippen LogP contribution in [-0.4, -0.2) is 61.6 Å². The Morgan fingerprint density at radius 3 is 2.36 bits per heavy atom. The average Bonchev–Trinajstić information content (AvgIpc) is 2.78. The smallest absolute Gasteiger partial charge is 0.416 e. The highest BCUT2D eigenvalue weighted by atomic mass is 32.2. The lowest BCUT2D eigenvalue weighted by atomic mass is 9.94. The van der Waals surface area contributed by atoms with E-state index in [2.05, 4.69) is 15.9 Å². The van der Waals surface area contributed by atoms with Crippen molar-refractivity contribution in [2.45, 2.75) is 29.3 Å². The van der Waals surface area contributed by atoms with Gasteiger partial charge in [-0.3, -0.25) is 9.69 Å². The zero-order valence-electron chi connectivity index (χ0n) is 18.5. The number of piperazine rings is 1. The molecule has 176 valence electrons. The van der Waals surface area contributed by atoms with E-state index in [1.54, 1.807) is 6.07 Å². The summed E-state index contributed by atoms with van der Waals surface area (Å²) >= 11 is 1.52. The van der Waals surface area contributed by atoms with Crippen LogP contribution in [0.4, 0.5) is 13.2 Å². The van der Waals surface area contributed by atoms with E-state index in [0.717, 1.165) is 66.6 Å². The first-order chi connectivity index (χ1) is 15.8. The van der Waals surface area contributed by atoms with E-state index in [1.807, 2.05) is 24.3 Å². The molecule has 0 N–H and O–H groups in total. The Balaban J connectivity index is 1.43. The minimum atomic E-state index is -4.36. The van der Waals surface area contributed by atoms with Crippen molar-refractivity contribution in [3.8, 4) is 0 Å². The first kappa shape index (κ1) is 23.9. The number of carbonyl (C=O) groups is 1. The summed E-state index contributed by atoms with van der Waals surface area (Å²) in [4.78, 5) is 17.5. The number of rotatable bonds is 6. The molecule has 0 aliphatic carbocycles. The standard InChI is InChI=1S/C25H27F3N2O2S/c1-18(31)32-16-15-30-13-11-29(12-14-30)10-4-6-20-21-5-2-3-7-23(21)33-24-9-8-19(17-22(20)24)25(26,27)28/h2-3,5-9,17H,4,10-16H2,1H3. The van der Waals surface area contributed by atoms with Gasteiger partial charge in [0.15, 0.2) is 0 Å². The molecule has 2 aromatic rings. The van der Waals surface area contributed by atoms with Gasteiger partial charge in [-0.2, -0.15) is 13.2 Å². The quantitative estimate of drug-likeness (QED) is 0.459. The minimum absolute atomic E-state index is 0.256. The number of benzene rings is 2. The predicted molar refractivity (Wildman–Crippen MR) is 123 cm³/mol. The number of nitrogens with zero attached hydrogens (tertiary/aromatic N) is 2. The summed E-state index contributed by atoms with van der Waals surface area (Å²) in [5.41, 5.74) is 1.91. The Labute approximate surface area is 196 Å². The van der Waals surface area contributed by atoms with Crippen LogP contribution >= 0.6 is 11.8 Å². The average molecular weight is 477 g/mol. The van der Waals surface area contributed by atoms with Crippen molar-refractivity contribution in [2.24, 2.45) is 0 Å². The van der Waals surface area contributed by atoms with Crippen LogP contribution in [0, 0.1) is 0 Å². The fourth-order valence-corrected chi connectivity index (χ4v) is 5.30. The van der Waals surface area contributed by atoms with Crippen LogP contribution in [-0.2, 0) is 15.7 Å². The zero-order chi connectivity index (χ0) is 23.4. The van der Waals surface area contributed by atoms with E-state index >= 15 is 0 Å². The second-order valence-corrected chi connectivity index (χ2v) is 9.32. The van der Waals surface area contributed by atoms with Crippen LogP contribution in [0.15, 0.2) is 58.3 Å². The molecule has 0 saturated carbocycles. The second kappa shape index (κ2) is 10.3. The van der Waals surface area contributed by atoms with Crippen LogP contribution in [0.2, 0.25) is 0 Å². The largest absolute Gasteiger partial charge is 0.465 e. The molecule has 2 heterocycles. The summed E-state index contributed by atoms with van der Waals surface area (Å²) in [7, 11) is 0. The van der Waals surface area contributed by atoms with Crippen LogP contribution < -0.4 is 0 Å². The summed E-state index contributed by atoms with van der Waals surface area (Å²) in [6, 6.07) is 11.9. The maximum Gasteiger partial charge on any atom is 0.416 e. The van der Waals surface area contributed by atoms with Crippen LogP contribution in [0.25, 0.3) is 5.57 Å². The maximum atomic E-state index is 13.4. The zero-order valence-corrected chi connectivity index (χ0v) is 19.3. The van der Waals surface area contributed by atoms with Crippen LogP contribution in [0.1, 0.15) is 30.0 Å². The molecule has 1 saturated heterocycles. The Kier molecular flexibility index (Phi) is 7.46. The molecule has 0 radical (unpaired) electrons. The van der Waals surface area contributed by atoms with Gasteiger partial charge < -0.3 is 9.64 Å². The van der Waals surface area contributed by atoms with Gasteiger partial charge in [0, 0.05) is 56.0 Å². The van der Waals surface area contributed by atoms with Crippen molar-refractivity contribution >= 4 is 23.3 Å². The monoisotopic (exact) mass is 476 g/mol. The topological polar surface area (TPSA) is 32.8 Å². The summed E-state index contributed by atoms with van der Waals surface area (Å²) in [6.07, 6.45) is -1.51. The lowest BCUT2D eigenvalue weighted by Crippen LogP contribution is -2.47. The molecule has 0 unspecified atom stereocenters. The first-order valence-corrected chi connectivity index (χ1v) is 11.9. The van der Waals surface area contributed by atoms with Crippen LogP contribution in [0.3, 0.4) is 0 Å². The van der Waals surface area contributed by atoms with Gasteiger partial charge in [-0.15, -0.1) is 0 Å². The second-order valence-electron chi connectivity index (χ2n) is 8.24. The summed E-state index contributed by atoms with van der Waals surface area (Å²) in [5, 5.41) is 0. The van der Waals surface area contributed by atoms with E-state index in [4.69, 9.17) is 4.74 Å². The van der Waals surface area contributed by atoms with Crippen molar-refractivity contribution in [3.63, 3.8) is 0 Å². The van der Waals surface area contributed by atoms with Crippen molar-refractivity contribution in [1.29, 1.82) is 0 Å². The highest BCUT2D eigenvalue weighted by Gasteiger charge is 2.32. The normalized spacial score (nSPS) is 18.1. The molecule has 4 rings (SSSR count). The van der Waals surface area contributed by atoms with E-state index in [9.17, 15) is 18.0 Å². The molecule has 0 spiro atoms. The Morgan fingerprint density at radius 2 is 1.67 bits per heavy atom. The third-order valence-corrected chi connectivity index (χ3v) is 7.12.